The highest BCUT2D eigenvalue weighted by atomic mass is 19.1. The van der Waals surface area contributed by atoms with E-state index in [1.54, 1.807) is 29.8 Å². The van der Waals surface area contributed by atoms with E-state index in [2.05, 4.69) is 4.98 Å². The molecule has 0 amide bonds. The maximum atomic E-state index is 13.4. The van der Waals surface area contributed by atoms with Crippen molar-refractivity contribution < 1.29 is 14.3 Å². The first-order valence-corrected chi connectivity index (χ1v) is 7.15. The van der Waals surface area contributed by atoms with Gasteiger partial charge in [0.15, 0.2) is 0 Å². The topological polar surface area (TPSA) is 55.1 Å². The molecule has 1 heterocycles. The molecule has 2 aromatic carbocycles. The summed E-state index contributed by atoms with van der Waals surface area (Å²) < 4.78 is 15.0. The number of carboxylic acids is 1. The minimum Gasteiger partial charge on any atom is -0.480 e. The van der Waals surface area contributed by atoms with Crippen LogP contribution in [-0.2, 0) is 11.3 Å². The van der Waals surface area contributed by atoms with Crippen LogP contribution in [0.2, 0.25) is 0 Å². The van der Waals surface area contributed by atoms with E-state index in [9.17, 15) is 9.18 Å². The molecular weight excluding hydrogens is 295 g/mol. The monoisotopic (exact) mass is 310 g/mol. The number of aryl methyl sites for hydroxylation is 1. The molecule has 1 N–H and O–H groups in total. The fourth-order valence-corrected chi connectivity index (χ4v) is 2.44. The van der Waals surface area contributed by atoms with Crippen LogP contribution in [0.5, 0.6) is 0 Å². The fourth-order valence-electron chi connectivity index (χ4n) is 2.44. The van der Waals surface area contributed by atoms with Crippen LogP contribution in [0.3, 0.4) is 0 Å². The minimum absolute atomic E-state index is 0.183. The zero-order valence-electron chi connectivity index (χ0n) is 12.5. The second kappa shape index (κ2) is 6.04. The highest BCUT2D eigenvalue weighted by molar-refractivity contribution is 5.70. The molecule has 3 aromatic rings. The summed E-state index contributed by atoms with van der Waals surface area (Å²) in [6.07, 6.45) is 1.68. The third-order valence-electron chi connectivity index (χ3n) is 3.57. The molecule has 0 aliphatic heterocycles. The quantitative estimate of drug-likeness (QED) is 0.798. The number of nitrogens with zero attached hydrogens (tertiary/aromatic N) is 2. The van der Waals surface area contributed by atoms with Gasteiger partial charge in [-0.05, 0) is 30.7 Å². The molecule has 1 aromatic heterocycles. The largest absolute Gasteiger partial charge is 0.480 e. The van der Waals surface area contributed by atoms with Crippen LogP contribution in [0.25, 0.3) is 22.6 Å². The lowest BCUT2D eigenvalue weighted by molar-refractivity contribution is -0.137. The van der Waals surface area contributed by atoms with Crippen LogP contribution in [0, 0.1) is 12.7 Å². The number of benzene rings is 2. The normalized spacial score (nSPS) is 10.7. The second-order valence-corrected chi connectivity index (χ2v) is 5.30. The van der Waals surface area contributed by atoms with Crippen molar-refractivity contribution in [3.63, 3.8) is 0 Å². The highest BCUT2D eigenvalue weighted by Crippen LogP contribution is 2.26. The standard InChI is InChI=1S/C18H15FN2O2/c1-12-9-14(7-8-15(12)19)16-10-21(11-17(22)23)18(20-16)13-5-3-2-4-6-13/h2-10H,11H2,1H3,(H,22,23). The Morgan fingerprint density at radius 3 is 2.57 bits per heavy atom. The maximum Gasteiger partial charge on any atom is 0.323 e. The number of rotatable bonds is 4. The summed E-state index contributed by atoms with van der Waals surface area (Å²) in [5.74, 6) is -0.645. The van der Waals surface area contributed by atoms with Gasteiger partial charge >= 0.3 is 5.97 Å². The summed E-state index contributed by atoms with van der Waals surface area (Å²) in [4.78, 5) is 15.7. The van der Waals surface area contributed by atoms with Crippen molar-refractivity contribution in [2.45, 2.75) is 13.5 Å². The summed E-state index contributed by atoms with van der Waals surface area (Å²) in [6.45, 7) is 1.50. The first-order valence-electron chi connectivity index (χ1n) is 7.15. The van der Waals surface area contributed by atoms with Crippen molar-refractivity contribution in [3.8, 4) is 22.6 Å². The first-order chi connectivity index (χ1) is 11.0. The van der Waals surface area contributed by atoms with Gasteiger partial charge in [0.05, 0.1) is 5.69 Å². The van der Waals surface area contributed by atoms with Crippen LogP contribution in [0.4, 0.5) is 4.39 Å². The zero-order valence-corrected chi connectivity index (χ0v) is 12.5. The Morgan fingerprint density at radius 1 is 1.17 bits per heavy atom. The number of aliphatic carboxylic acids is 1. The lowest BCUT2D eigenvalue weighted by atomic mass is 10.1. The van der Waals surface area contributed by atoms with E-state index in [-0.39, 0.29) is 12.4 Å². The average Bonchev–Trinajstić information content (AvgIpc) is 2.94. The molecule has 0 saturated heterocycles. The summed E-state index contributed by atoms with van der Waals surface area (Å²) >= 11 is 0. The van der Waals surface area contributed by atoms with Gasteiger partial charge in [0.1, 0.15) is 18.2 Å². The van der Waals surface area contributed by atoms with Gasteiger partial charge in [-0.25, -0.2) is 9.37 Å². The van der Waals surface area contributed by atoms with Crippen LogP contribution in [0.1, 0.15) is 5.56 Å². The van der Waals surface area contributed by atoms with E-state index in [1.807, 2.05) is 30.3 Å². The SMILES string of the molecule is Cc1cc(-c2cn(CC(=O)O)c(-c3ccccc3)n2)ccc1F. The number of aromatic nitrogens is 2. The third-order valence-corrected chi connectivity index (χ3v) is 3.57. The molecule has 0 aliphatic rings. The van der Waals surface area contributed by atoms with Crippen LogP contribution >= 0.6 is 0 Å². The number of carbonyl (C=O) groups is 1. The van der Waals surface area contributed by atoms with E-state index < -0.39 is 5.97 Å². The predicted octanol–water partition coefficient (Wildman–Crippen LogP) is 3.75. The molecule has 0 spiro atoms. The van der Waals surface area contributed by atoms with Gasteiger partial charge in [-0.2, -0.15) is 0 Å². The molecule has 0 radical (unpaired) electrons. The van der Waals surface area contributed by atoms with Crippen molar-refractivity contribution in [2.75, 3.05) is 0 Å². The maximum absolute atomic E-state index is 13.4. The fraction of sp³-hybridized carbons (Fsp3) is 0.111. The third kappa shape index (κ3) is 3.13. The number of hydrogen-bond acceptors (Lipinski definition) is 2. The number of hydrogen-bond donors (Lipinski definition) is 1. The van der Waals surface area contributed by atoms with E-state index >= 15 is 0 Å². The lowest BCUT2D eigenvalue weighted by Gasteiger charge is -2.04. The molecule has 0 atom stereocenters. The Balaban J connectivity index is 2.10. The Hall–Kier alpha value is -2.95. The van der Waals surface area contributed by atoms with Gasteiger partial charge in [-0.15, -0.1) is 0 Å². The Labute approximate surface area is 132 Å². The molecule has 3 rings (SSSR count). The van der Waals surface area contributed by atoms with E-state index in [0.29, 0.717) is 17.1 Å². The molecule has 0 bridgehead atoms. The van der Waals surface area contributed by atoms with Crippen LogP contribution in [-0.4, -0.2) is 20.6 Å². The van der Waals surface area contributed by atoms with Gasteiger partial charge < -0.3 is 9.67 Å². The zero-order chi connectivity index (χ0) is 16.4. The van der Waals surface area contributed by atoms with Crippen molar-refractivity contribution in [2.24, 2.45) is 0 Å². The molecule has 5 heteroatoms. The number of halogens is 1. The smallest absolute Gasteiger partial charge is 0.323 e. The minimum atomic E-state index is -0.943. The van der Waals surface area contributed by atoms with Crippen LogP contribution in [0.15, 0.2) is 54.7 Å². The average molecular weight is 310 g/mol. The molecule has 116 valence electrons. The Morgan fingerprint density at radius 2 is 1.91 bits per heavy atom. The highest BCUT2D eigenvalue weighted by Gasteiger charge is 2.14. The second-order valence-electron chi connectivity index (χ2n) is 5.30. The first kappa shape index (κ1) is 15.0. The summed E-state index contributed by atoms with van der Waals surface area (Å²) in [5.41, 5.74) is 2.73. The summed E-state index contributed by atoms with van der Waals surface area (Å²) in [6, 6.07) is 14.1. The summed E-state index contributed by atoms with van der Waals surface area (Å²) in [5, 5.41) is 9.10. The van der Waals surface area contributed by atoms with Crippen molar-refractivity contribution in [1.29, 1.82) is 0 Å². The molecular formula is C18H15FN2O2. The molecule has 0 saturated carbocycles. The van der Waals surface area contributed by atoms with E-state index in [4.69, 9.17) is 5.11 Å². The predicted molar refractivity (Wildman–Crippen MR) is 85.4 cm³/mol. The molecule has 4 nitrogen and oxygen atoms in total. The van der Waals surface area contributed by atoms with E-state index in [1.165, 1.54) is 6.07 Å². The summed E-state index contributed by atoms with van der Waals surface area (Å²) in [7, 11) is 0. The number of carboxylic acid groups (broad SMARTS) is 1. The van der Waals surface area contributed by atoms with Gasteiger partial charge in [-0.3, -0.25) is 4.79 Å². The molecule has 23 heavy (non-hydrogen) atoms. The molecule has 0 unspecified atom stereocenters. The van der Waals surface area contributed by atoms with E-state index in [0.717, 1.165) is 11.1 Å². The molecule has 0 aliphatic carbocycles. The Bertz CT molecular complexity index is 857. The molecule has 0 fully saturated rings. The van der Waals surface area contributed by atoms with Gasteiger partial charge in [-0.1, -0.05) is 30.3 Å². The van der Waals surface area contributed by atoms with Gasteiger partial charge in [0.25, 0.3) is 0 Å². The van der Waals surface area contributed by atoms with Crippen LogP contribution < -0.4 is 0 Å². The lowest BCUT2D eigenvalue weighted by Crippen LogP contribution is -2.09. The van der Waals surface area contributed by atoms with Crippen molar-refractivity contribution in [1.82, 2.24) is 9.55 Å². The Kier molecular flexibility index (Phi) is 3.93. The van der Waals surface area contributed by atoms with Gasteiger partial charge in [0.2, 0.25) is 0 Å². The van der Waals surface area contributed by atoms with Crippen molar-refractivity contribution in [3.05, 3.63) is 66.1 Å². The van der Waals surface area contributed by atoms with Gasteiger partial charge in [0, 0.05) is 17.3 Å². The van der Waals surface area contributed by atoms with Crippen molar-refractivity contribution >= 4 is 5.97 Å². The number of imidazole rings is 1.